The summed E-state index contributed by atoms with van der Waals surface area (Å²) in [4.78, 5) is 15.8. The molecular formula is C25H23F4N5O4S. The summed E-state index contributed by atoms with van der Waals surface area (Å²) in [6.07, 6.45) is 0.512. The van der Waals surface area contributed by atoms with Crippen LogP contribution in [0.15, 0.2) is 36.5 Å². The third kappa shape index (κ3) is 5.40. The molecule has 2 unspecified atom stereocenters. The Labute approximate surface area is 220 Å². The van der Waals surface area contributed by atoms with Gasteiger partial charge < -0.3 is 15.8 Å². The first-order valence-corrected chi connectivity index (χ1v) is 13.3. The molecule has 5 rings (SSSR count). The molecule has 5 N–H and O–H groups in total. The Balaban J connectivity index is 1.40. The second kappa shape index (κ2) is 10.1. The maximum Gasteiger partial charge on any atom is 0.300 e. The number of nitrogens with one attached hydrogen (secondary N) is 3. The number of nitrogens with zero attached hydrogens (tertiary/aromatic N) is 1. The van der Waals surface area contributed by atoms with Crippen LogP contribution in [0.3, 0.4) is 0 Å². The van der Waals surface area contributed by atoms with E-state index in [9.17, 15) is 17.6 Å². The van der Waals surface area contributed by atoms with Gasteiger partial charge >= 0.3 is 10.2 Å². The van der Waals surface area contributed by atoms with Crippen LogP contribution in [0, 0.1) is 42.0 Å². The van der Waals surface area contributed by atoms with E-state index in [-0.39, 0.29) is 29.1 Å². The number of carbonyl (C=O) groups is 1. The van der Waals surface area contributed by atoms with Gasteiger partial charge in [0.2, 0.25) is 0 Å². The Morgan fingerprint density at radius 2 is 1.77 bits per heavy atom. The van der Waals surface area contributed by atoms with Crippen LogP contribution in [-0.2, 0) is 21.4 Å². The molecule has 9 nitrogen and oxygen atoms in total. The monoisotopic (exact) mass is 565 g/mol. The maximum atomic E-state index is 15.2. The van der Waals surface area contributed by atoms with Crippen LogP contribution in [0.5, 0.6) is 0 Å². The molecule has 39 heavy (non-hydrogen) atoms. The van der Waals surface area contributed by atoms with E-state index in [4.69, 9.17) is 10.5 Å². The van der Waals surface area contributed by atoms with Crippen molar-refractivity contribution in [2.75, 3.05) is 23.3 Å². The zero-order valence-electron chi connectivity index (χ0n) is 20.4. The number of amides is 1. The van der Waals surface area contributed by atoms with Crippen molar-refractivity contribution < 1.29 is 35.5 Å². The van der Waals surface area contributed by atoms with Gasteiger partial charge in [0, 0.05) is 30.5 Å². The van der Waals surface area contributed by atoms with Crippen molar-refractivity contribution in [1.29, 1.82) is 0 Å². The Morgan fingerprint density at radius 1 is 1.05 bits per heavy atom. The first-order chi connectivity index (χ1) is 18.4. The molecule has 1 saturated heterocycles. The molecule has 2 fully saturated rings. The van der Waals surface area contributed by atoms with Gasteiger partial charge in [-0.15, -0.1) is 0 Å². The molecule has 206 valence electrons. The lowest BCUT2D eigenvalue weighted by molar-refractivity contribution is 0.100. The Morgan fingerprint density at radius 3 is 2.44 bits per heavy atom. The summed E-state index contributed by atoms with van der Waals surface area (Å²) in [5.74, 6) is -6.52. The second-order valence-electron chi connectivity index (χ2n) is 9.48. The van der Waals surface area contributed by atoms with E-state index < -0.39 is 68.4 Å². The van der Waals surface area contributed by atoms with Crippen LogP contribution in [0.1, 0.15) is 27.0 Å². The number of ether oxygens (including phenoxy) is 1. The number of nitrogens with two attached hydrogens (primary N) is 1. The average Bonchev–Trinajstić information content (AvgIpc) is 3.26. The summed E-state index contributed by atoms with van der Waals surface area (Å²) in [5, 5.41) is 2.36. The number of rotatable bonds is 9. The van der Waals surface area contributed by atoms with E-state index in [1.165, 1.54) is 12.1 Å². The largest absolute Gasteiger partial charge is 0.381 e. The molecule has 1 saturated carbocycles. The minimum atomic E-state index is -4.19. The first-order valence-electron chi connectivity index (χ1n) is 11.8. The van der Waals surface area contributed by atoms with Crippen LogP contribution in [0.4, 0.5) is 34.8 Å². The van der Waals surface area contributed by atoms with Gasteiger partial charge in [0.05, 0.1) is 30.2 Å². The molecule has 2 aromatic carbocycles. The fourth-order valence-corrected chi connectivity index (χ4v) is 5.79. The minimum absolute atomic E-state index is 0.0583. The number of primary amides is 1. The van der Waals surface area contributed by atoms with Gasteiger partial charge in [-0.25, -0.2) is 22.5 Å². The zero-order chi connectivity index (χ0) is 28.1. The Hall–Kier alpha value is -3.75. The molecular weight excluding hydrogens is 542 g/mol. The predicted octanol–water partition coefficient (Wildman–Crippen LogP) is 3.27. The number of aromatic nitrogens is 1. The number of pyridine rings is 1. The van der Waals surface area contributed by atoms with Gasteiger partial charge in [-0.1, -0.05) is 6.07 Å². The number of hydrogen-bond donors (Lipinski definition) is 4. The Bertz CT molecular complexity index is 1580. The molecule has 1 aromatic heterocycles. The zero-order valence-corrected chi connectivity index (χ0v) is 21.2. The molecule has 2 atom stereocenters. The number of fused-ring (bicyclic) bond motifs is 1. The average molecular weight is 566 g/mol. The smallest absolute Gasteiger partial charge is 0.300 e. The van der Waals surface area contributed by atoms with Crippen LogP contribution < -0.4 is 20.5 Å². The van der Waals surface area contributed by atoms with E-state index in [0.717, 1.165) is 24.4 Å². The summed E-state index contributed by atoms with van der Waals surface area (Å²) >= 11 is 0. The highest BCUT2D eigenvalue weighted by atomic mass is 32.2. The summed E-state index contributed by atoms with van der Waals surface area (Å²) in [6, 6.07) is 5.72. The fraction of sp³-hybridized carbons (Fsp3) is 0.280. The highest BCUT2D eigenvalue weighted by Gasteiger charge is 2.55. The van der Waals surface area contributed by atoms with Crippen molar-refractivity contribution in [3.05, 3.63) is 82.1 Å². The van der Waals surface area contributed by atoms with E-state index in [1.54, 1.807) is 6.92 Å². The van der Waals surface area contributed by atoms with Gasteiger partial charge in [0.25, 0.3) is 5.91 Å². The highest BCUT2D eigenvalue weighted by molar-refractivity contribution is 7.90. The van der Waals surface area contributed by atoms with Crippen LogP contribution in [0.25, 0.3) is 0 Å². The van der Waals surface area contributed by atoms with Crippen molar-refractivity contribution in [1.82, 2.24) is 9.71 Å². The molecule has 1 aliphatic carbocycles. The van der Waals surface area contributed by atoms with Crippen LogP contribution in [0.2, 0.25) is 0 Å². The summed E-state index contributed by atoms with van der Waals surface area (Å²) < 4.78 is 94.4. The molecule has 2 aliphatic rings. The molecule has 0 bridgehead atoms. The number of hydrogen-bond acceptors (Lipinski definition) is 6. The number of aryl methyl sites for hydroxylation is 1. The number of halogens is 4. The lowest BCUT2D eigenvalue weighted by Gasteiger charge is -2.16. The van der Waals surface area contributed by atoms with Crippen molar-refractivity contribution in [2.24, 2.45) is 17.6 Å². The van der Waals surface area contributed by atoms with Crippen molar-refractivity contribution >= 4 is 33.3 Å². The number of anilines is 3. The van der Waals surface area contributed by atoms with Crippen molar-refractivity contribution in [3.63, 3.8) is 0 Å². The summed E-state index contributed by atoms with van der Waals surface area (Å²) in [5.41, 5.74) is 3.87. The third-order valence-electron chi connectivity index (χ3n) is 6.76. The molecule has 0 radical (unpaired) electrons. The van der Waals surface area contributed by atoms with Gasteiger partial charge in [-0.3, -0.25) is 9.52 Å². The molecule has 2 heterocycles. The SMILES string of the molecule is Cc1ccc(Nc2c(C(N)=O)cc(Cc3ccnc(NS(=O)(=O)NC4C5COCC54)c3F)c(F)c2F)c(F)c1. The van der Waals surface area contributed by atoms with Crippen molar-refractivity contribution in [2.45, 2.75) is 19.4 Å². The second-order valence-corrected chi connectivity index (χ2v) is 10.9. The van der Waals surface area contributed by atoms with E-state index >= 15 is 13.2 Å². The van der Waals surface area contributed by atoms with E-state index in [2.05, 4.69) is 15.0 Å². The molecule has 3 aromatic rings. The Kier molecular flexibility index (Phi) is 6.95. The topological polar surface area (TPSA) is 135 Å². The van der Waals surface area contributed by atoms with Crippen molar-refractivity contribution in [3.8, 4) is 0 Å². The van der Waals surface area contributed by atoms with Gasteiger partial charge in [-0.2, -0.15) is 13.1 Å². The van der Waals surface area contributed by atoms with Gasteiger partial charge in [-0.05, 0) is 47.9 Å². The standard InChI is InChI=1S/C25H23F4N5O4S/c1-11-2-3-18(17(26)6-11)32-23-14(24(30)35)8-13(19(27)21(23)29)7-12-4-5-31-25(20(12)28)34-39(36,37)33-22-15-9-38-10-16(15)22/h2-6,8,15-16,22,32-33H,7,9-10H2,1H3,(H2,30,35)(H,31,34). The summed E-state index contributed by atoms with van der Waals surface area (Å²) in [6.45, 7) is 2.50. The van der Waals surface area contributed by atoms with Gasteiger partial charge in [0.15, 0.2) is 23.3 Å². The number of benzene rings is 2. The van der Waals surface area contributed by atoms with E-state index in [0.29, 0.717) is 18.8 Å². The van der Waals surface area contributed by atoms with Crippen LogP contribution in [-0.4, -0.2) is 38.6 Å². The number of carbonyl (C=O) groups excluding carboxylic acids is 1. The molecule has 0 spiro atoms. The molecule has 14 heteroatoms. The summed E-state index contributed by atoms with van der Waals surface area (Å²) in [7, 11) is -4.19. The normalized spacial score (nSPS) is 20.0. The quantitative estimate of drug-likeness (QED) is 0.294. The fourth-order valence-electron chi connectivity index (χ4n) is 4.63. The van der Waals surface area contributed by atoms with E-state index in [1.807, 2.05) is 4.72 Å². The lowest BCUT2D eigenvalue weighted by Crippen LogP contribution is -2.35. The van der Waals surface area contributed by atoms with Crippen LogP contribution >= 0.6 is 0 Å². The minimum Gasteiger partial charge on any atom is -0.381 e. The van der Waals surface area contributed by atoms with Gasteiger partial charge in [0.1, 0.15) is 5.82 Å². The molecule has 1 amide bonds. The predicted molar refractivity (Wildman–Crippen MR) is 134 cm³/mol. The maximum absolute atomic E-state index is 15.2. The first kappa shape index (κ1) is 26.8. The highest BCUT2D eigenvalue weighted by Crippen LogP contribution is 2.44. The molecule has 1 aliphatic heterocycles. The lowest BCUT2D eigenvalue weighted by atomic mass is 10.00. The third-order valence-corrected chi connectivity index (χ3v) is 7.80.